The molecule has 4 bridgehead atoms. The zero-order chi connectivity index (χ0) is 29.2. The van der Waals surface area contributed by atoms with Crippen LogP contribution in [0.5, 0.6) is 0 Å². The van der Waals surface area contributed by atoms with Crippen molar-refractivity contribution in [2.45, 2.75) is 101 Å². The lowest BCUT2D eigenvalue weighted by Gasteiger charge is -2.48. The van der Waals surface area contributed by atoms with Gasteiger partial charge in [-0.1, -0.05) is 73.5 Å². The third-order valence-electron chi connectivity index (χ3n) is 11.7. The first kappa shape index (κ1) is 29.4. The Bertz CT molecular complexity index is 1090. The molecule has 0 spiro atoms. The predicted molar refractivity (Wildman–Crippen MR) is 167 cm³/mol. The van der Waals surface area contributed by atoms with Crippen molar-refractivity contribution >= 4 is 11.8 Å². The smallest absolute Gasteiger partial charge is 0.223 e. The SMILES string of the molecule is C[N+]1(Cc2ccccc2)[C@@H]2CC[C@H]1CN(C(=O)CCCCCCC(=O)N1C[C@H]3CC[C@@H](C1)[N+]3(C)Cc1ccccc1)C2. The second kappa shape index (κ2) is 12.5. The summed E-state index contributed by atoms with van der Waals surface area (Å²) in [5.41, 5.74) is 2.81. The van der Waals surface area contributed by atoms with Crippen molar-refractivity contribution < 1.29 is 18.6 Å². The van der Waals surface area contributed by atoms with Crippen molar-refractivity contribution in [3.8, 4) is 0 Å². The van der Waals surface area contributed by atoms with E-state index in [9.17, 15) is 9.59 Å². The van der Waals surface area contributed by atoms with Gasteiger partial charge in [0.05, 0.1) is 40.3 Å². The molecule has 6 atom stereocenters. The Labute approximate surface area is 253 Å². The monoisotopic (exact) mass is 572 g/mol. The number of rotatable bonds is 11. The zero-order valence-corrected chi connectivity index (χ0v) is 26.0. The highest BCUT2D eigenvalue weighted by Crippen LogP contribution is 2.39. The van der Waals surface area contributed by atoms with Crippen molar-refractivity contribution in [1.82, 2.24) is 9.80 Å². The van der Waals surface area contributed by atoms with Crippen LogP contribution in [-0.4, -0.2) is 95.0 Å². The molecule has 42 heavy (non-hydrogen) atoms. The van der Waals surface area contributed by atoms with Crippen LogP contribution in [0.25, 0.3) is 0 Å². The summed E-state index contributed by atoms with van der Waals surface area (Å²) in [5, 5.41) is 0. The second-order valence-corrected chi connectivity index (χ2v) is 14.3. The molecule has 2 unspecified atom stereocenters. The molecule has 2 aromatic carbocycles. The first-order valence-corrected chi connectivity index (χ1v) is 16.7. The van der Waals surface area contributed by atoms with Crippen LogP contribution in [0.2, 0.25) is 0 Å². The maximum Gasteiger partial charge on any atom is 0.223 e. The van der Waals surface area contributed by atoms with Crippen molar-refractivity contribution in [2.24, 2.45) is 0 Å². The van der Waals surface area contributed by atoms with Gasteiger partial charge in [-0.2, -0.15) is 0 Å². The Morgan fingerprint density at radius 1 is 0.571 bits per heavy atom. The normalized spacial score (nSPS) is 31.9. The predicted octanol–water partition coefficient (Wildman–Crippen LogP) is 5.37. The molecular weight excluding hydrogens is 520 g/mol. The highest BCUT2D eigenvalue weighted by Gasteiger charge is 2.52. The number of hydrogen-bond donors (Lipinski definition) is 0. The van der Waals surface area contributed by atoms with Gasteiger partial charge >= 0.3 is 0 Å². The first-order chi connectivity index (χ1) is 20.3. The van der Waals surface area contributed by atoms with Crippen molar-refractivity contribution in [1.29, 1.82) is 0 Å². The molecule has 6 nitrogen and oxygen atoms in total. The van der Waals surface area contributed by atoms with Crippen LogP contribution in [-0.2, 0) is 22.7 Å². The second-order valence-electron chi connectivity index (χ2n) is 14.3. The number of unbranched alkanes of at least 4 members (excludes halogenated alkanes) is 3. The summed E-state index contributed by atoms with van der Waals surface area (Å²) in [6.45, 7) is 5.79. The summed E-state index contributed by atoms with van der Waals surface area (Å²) >= 11 is 0. The van der Waals surface area contributed by atoms with E-state index >= 15 is 0 Å². The fraction of sp³-hybridized carbons (Fsp3) is 0.611. The van der Waals surface area contributed by atoms with E-state index in [4.69, 9.17) is 0 Å². The largest absolute Gasteiger partial charge is 0.331 e. The number of likely N-dealkylation sites (tertiary alicyclic amines) is 2. The highest BCUT2D eigenvalue weighted by molar-refractivity contribution is 5.77. The maximum absolute atomic E-state index is 13.1. The molecule has 0 saturated carbocycles. The van der Waals surface area contributed by atoms with Gasteiger partial charge in [-0.05, 0) is 12.8 Å². The van der Waals surface area contributed by atoms with E-state index < -0.39 is 0 Å². The fourth-order valence-corrected chi connectivity index (χ4v) is 8.92. The van der Waals surface area contributed by atoms with E-state index in [2.05, 4.69) is 84.6 Å². The molecule has 226 valence electrons. The van der Waals surface area contributed by atoms with Gasteiger partial charge in [-0.25, -0.2) is 0 Å². The molecule has 4 aliphatic heterocycles. The Kier molecular flexibility index (Phi) is 8.74. The minimum atomic E-state index is 0.342. The third kappa shape index (κ3) is 6.03. The summed E-state index contributed by atoms with van der Waals surface area (Å²) in [6.07, 6.45) is 10.2. The number of carbonyl (C=O) groups is 2. The average Bonchev–Trinajstić information content (AvgIpc) is 3.24. The van der Waals surface area contributed by atoms with Gasteiger partial charge in [0, 0.05) is 49.7 Å². The maximum atomic E-state index is 13.1. The molecule has 4 saturated heterocycles. The zero-order valence-electron chi connectivity index (χ0n) is 26.0. The van der Waals surface area contributed by atoms with Gasteiger partial charge < -0.3 is 18.8 Å². The summed E-state index contributed by atoms with van der Waals surface area (Å²) in [6, 6.07) is 23.9. The van der Waals surface area contributed by atoms with Gasteiger partial charge in [0.15, 0.2) is 0 Å². The number of carbonyl (C=O) groups excluding carboxylic acids is 2. The fourth-order valence-electron chi connectivity index (χ4n) is 8.92. The molecule has 6 heteroatoms. The van der Waals surface area contributed by atoms with E-state index in [0.29, 0.717) is 48.8 Å². The average molecular weight is 573 g/mol. The lowest BCUT2D eigenvalue weighted by molar-refractivity contribution is -0.959. The summed E-state index contributed by atoms with van der Waals surface area (Å²) in [7, 11) is 4.82. The lowest BCUT2D eigenvalue weighted by Crippen LogP contribution is -2.64. The Hall–Kier alpha value is -2.70. The van der Waals surface area contributed by atoms with E-state index in [1.54, 1.807) is 0 Å². The molecule has 0 aliphatic carbocycles. The molecule has 4 fully saturated rings. The minimum Gasteiger partial charge on any atom is -0.331 e. The number of amides is 2. The summed E-state index contributed by atoms with van der Waals surface area (Å²) in [5.74, 6) is 0.684. The number of nitrogens with zero attached hydrogens (tertiary/aromatic N) is 4. The number of hydrogen-bond acceptors (Lipinski definition) is 2. The number of likely N-dealkylation sites (N-methyl/N-ethyl adjacent to an activating group) is 2. The van der Waals surface area contributed by atoms with Gasteiger partial charge in [0.25, 0.3) is 0 Å². The molecule has 0 aromatic heterocycles. The lowest BCUT2D eigenvalue weighted by atomic mass is 10.0. The molecule has 2 aromatic rings. The summed E-state index contributed by atoms with van der Waals surface area (Å²) in [4.78, 5) is 30.6. The Balaban J connectivity index is 0.885. The standard InChI is InChI=1S/C36H52N4O2/c1-39(27-29-13-7-5-8-14-29)31-19-20-32(39)24-37(23-31)35(41)17-11-3-4-12-18-36(42)38-25-33-21-22-34(26-38)40(33,2)28-30-15-9-6-10-16-30/h5-10,13-16,31-34H,3-4,11-12,17-28H2,1-2H3/q+2/t31-,32+,33-,34+,39?,40?. The van der Waals surface area contributed by atoms with Crippen LogP contribution >= 0.6 is 0 Å². The summed E-state index contributed by atoms with van der Waals surface area (Å²) < 4.78 is 2.18. The van der Waals surface area contributed by atoms with Crippen molar-refractivity contribution in [3.05, 3.63) is 71.8 Å². The highest BCUT2D eigenvalue weighted by atomic mass is 16.2. The van der Waals surface area contributed by atoms with Crippen LogP contribution < -0.4 is 0 Å². The van der Waals surface area contributed by atoms with Crippen molar-refractivity contribution in [2.75, 3.05) is 40.3 Å². The van der Waals surface area contributed by atoms with Crippen LogP contribution in [0.3, 0.4) is 0 Å². The van der Waals surface area contributed by atoms with E-state index in [1.165, 1.54) is 36.8 Å². The number of benzene rings is 2. The van der Waals surface area contributed by atoms with E-state index in [1.807, 2.05) is 0 Å². The molecule has 0 radical (unpaired) electrons. The Morgan fingerprint density at radius 3 is 1.24 bits per heavy atom. The van der Waals surface area contributed by atoms with Gasteiger partial charge in [-0.15, -0.1) is 0 Å². The third-order valence-corrected chi connectivity index (χ3v) is 11.7. The van der Waals surface area contributed by atoms with Crippen LogP contribution in [0, 0.1) is 0 Å². The topological polar surface area (TPSA) is 40.6 Å². The first-order valence-electron chi connectivity index (χ1n) is 16.7. The molecule has 2 amide bonds. The van der Waals surface area contributed by atoms with Gasteiger partial charge in [-0.3, -0.25) is 9.59 Å². The molecule has 4 heterocycles. The minimum absolute atomic E-state index is 0.342. The van der Waals surface area contributed by atoms with Crippen molar-refractivity contribution in [3.63, 3.8) is 0 Å². The van der Waals surface area contributed by atoms with E-state index in [0.717, 1.165) is 73.9 Å². The van der Waals surface area contributed by atoms with Crippen LogP contribution in [0.4, 0.5) is 0 Å². The van der Waals surface area contributed by atoms with Gasteiger partial charge in [0.1, 0.15) is 37.3 Å². The van der Waals surface area contributed by atoms with E-state index in [-0.39, 0.29) is 0 Å². The number of fused-ring (bicyclic) bond motifs is 4. The molecular formula is C36H52N4O2+2. The molecule has 0 N–H and O–H groups in total. The Morgan fingerprint density at radius 2 is 0.905 bits per heavy atom. The van der Waals surface area contributed by atoms with Crippen LogP contribution in [0.1, 0.15) is 75.3 Å². The molecule has 6 rings (SSSR count). The number of quaternary nitrogens is 2. The quantitative estimate of drug-likeness (QED) is 0.269. The number of piperazine rings is 2. The van der Waals surface area contributed by atoms with Gasteiger partial charge in [0.2, 0.25) is 11.8 Å². The molecule has 4 aliphatic rings. The van der Waals surface area contributed by atoms with Crippen LogP contribution in [0.15, 0.2) is 60.7 Å².